The molecule has 6 nitrogen and oxygen atoms in total. The first-order valence-electron chi connectivity index (χ1n) is 10.6. The number of Topliss-reactive ketones (excluding diaryl/α,β-unsaturated/α-hetero) is 1. The summed E-state index contributed by atoms with van der Waals surface area (Å²) < 4.78 is 29.0. The van der Waals surface area contributed by atoms with Gasteiger partial charge in [0.2, 0.25) is 0 Å². The van der Waals surface area contributed by atoms with E-state index in [1.165, 1.54) is 0 Å². The predicted molar refractivity (Wildman–Crippen MR) is 117 cm³/mol. The van der Waals surface area contributed by atoms with Crippen molar-refractivity contribution in [2.24, 2.45) is 0 Å². The Morgan fingerprint density at radius 1 is 1.06 bits per heavy atom. The van der Waals surface area contributed by atoms with Gasteiger partial charge >= 0.3 is 0 Å². The van der Waals surface area contributed by atoms with Gasteiger partial charge in [-0.25, -0.2) is 0 Å². The van der Waals surface area contributed by atoms with Crippen molar-refractivity contribution in [3.05, 3.63) is 53.1 Å². The summed E-state index contributed by atoms with van der Waals surface area (Å²) in [6, 6.07) is 7.23. The van der Waals surface area contributed by atoms with Crippen molar-refractivity contribution in [2.75, 3.05) is 20.8 Å². The fourth-order valence-electron chi connectivity index (χ4n) is 4.34. The Hall–Kier alpha value is -3.15. The fraction of sp³-hybridized carbons (Fsp3) is 0.400. The Morgan fingerprint density at radius 3 is 2.45 bits per heavy atom. The smallest absolute Gasteiger partial charge is 0.178 e. The molecule has 0 saturated heterocycles. The molecule has 3 aliphatic rings. The van der Waals surface area contributed by atoms with Gasteiger partial charge in [-0.05, 0) is 30.7 Å². The molecule has 0 spiro atoms. The van der Waals surface area contributed by atoms with Crippen LogP contribution in [0.3, 0.4) is 0 Å². The molecule has 3 unspecified atom stereocenters. The van der Waals surface area contributed by atoms with Gasteiger partial charge in [-0.2, -0.15) is 0 Å². The first-order valence-corrected chi connectivity index (χ1v) is 10.6. The summed E-state index contributed by atoms with van der Waals surface area (Å²) in [6.45, 7) is 10.2. The van der Waals surface area contributed by atoms with E-state index in [0.29, 0.717) is 35.0 Å². The lowest BCUT2D eigenvalue weighted by atomic mass is 9.81. The van der Waals surface area contributed by atoms with Gasteiger partial charge in [0.05, 0.1) is 25.7 Å². The van der Waals surface area contributed by atoms with Crippen LogP contribution in [0.2, 0.25) is 0 Å². The average molecular weight is 424 g/mol. The first kappa shape index (κ1) is 21.1. The normalized spacial score (nSPS) is 22.1. The molecule has 3 heterocycles. The molecule has 0 amide bonds. The highest BCUT2D eigenvalue weighted by Crippen LogP contribution is 2.49. The number of ketones is 1. The first-order chi connectivity index (χ1) is 15.0. The summed E-state index contributed by atoms with van der Waals surface area (Å²) in [7, 11) is 3.14. The summed E-state index contributed by atoms with van der Waals surface area (Å²) in [5.74, 6) is 2.68. The molecule has 2 aromatic carbocycles. The average Bonchev–Trinajstić information content (AvgIpc) is 3.24. The Labute approximate surface area is 182 Å². The maximum atomic E-state index is 13.5. The zero-order valence-electron chi connectivity index (χ0n) is 18.6. The van der Waals surface area contributed by atoms with Crippen molar-refractivity contribution in [1.82, 2.24) is 0 Å². The second kappa shape index (κ2) is 8.17. The lowest BCUT2D eigenvalue weighted by Gasteiger charge is -2.37. The summed E-state index contributed by atoms with van der Waals surface area (Å²) >= 11 is 0. The number of hydrogen-bond acceptors (Lipinski definition) is 6. The van der Waals surface area contributed by atoms with Crippen LogP contribution in [0, 0.1) is 0 Å². The lowest BCUT2D eigenvalue weighted by molar-refractivity contribution is 0.0554. The number of methoxy groups -OCH3 is 2. The molecule has 0 aliphatic carbocycles. The van der Waals surface area contributed by atoms with Crippen LogP contribution in [0.15, 0.2) is 36.4 Å². The van der Waals surface area contributed by atoms with Crippen LogP contribution in [0.1, 0.15) is 48.2 Å². The molecular weight excluding hydrogens is 396 g/mol. The number of hydrogen-bond donors (Lipinski definition) is 0. The highest BCUT2D eigenvalue weighted by atomic mass is 16.5. The van der Waals surface area contributed by atoms with E-state index in [4.69, 9.17) is 23.7 Å². The van der Waals surface area contributed by atoms with Gasteiger partial charge in [-0.1, -0.05) is 20.4 Å². The van der Waals surface area contributed by atoms with Gasteiger partial charge in [0.1, 0.15) is 36.1 Å². The minimum Gasteiger partial charge on any atom is -0.493 e. The second-order valence-electron chi connectivity index (χ2n) is 7.63. The third kappa shape index (κ3) is 3.30. The fourth-order valence-corrected chi connectivity index (χ4v) is 4.34. The molecule has 3 aliphatic heterocycles. The Kier molecular flexibility index (Phi) is 5.56. The van der Waals surface area contributed by atoms with Crippen LogP contribution in [-0.2, 0) is 6.42 Å². The van der Waals surface area contributed by atoms with Crippen LogP contribution in [0.5, 0.6) is 28.7 Å². The second-order valence-corrected chi connectivity index (χ2v) is 7.63. The zero-order valence-corrected chi connectivity index (χ0v) is 18.6. The zero-order chi connectivity index (χ0) is 22.3. The number of rotatable bonds is 3. The van der Waals surface area contributed by atoms with Gasteiger partial charge in [0.15, 0.2) is 17.3 Å². The number of carbonyl (C=O) groups excluding carboxylic acids is 1. The van der Waals surface area contributed by atoms with Crippen molar-refractivity contribution < 1.29 is 28.5 Å². The van der Waals surface area contributed by atoms with Crippen molar-refractivity contribution in [3.8, 4) is 28.7 Å². The van der Waals surface area contributed by atoms with Crippen molar-refractivity contribution in [1.29, 1.82) is 0 Å². The van der Waals surface area contributed by atoms with Gasteiger partial charge in [-0.3, -0.25) is 4.79 Å². The van der Waals surface area contributed by atoms with Gasteiger partial charge in [0, 0.05) is 23.6 Å². The molecule has 0 N–H and O–H groups in total. The Bertz CT molecular complexity index is 1040. The van der Waals surface area contributed by atoms with E-state index >= 15 is 0 Å². The summed E-state index contributed by atoms with van der Waals surface area (Å²) in [4.78, 5) is 13.5. The number of carbonyl (C=O) groups is 1. The SMILES string of the molecule is C=C(C)C1Cc2c(ccc3c2OC2COc4cc(OC)c(OC)cc4C2C3=O)O1.CC. The van der Waals surface area contributed by atoms with E-state index in [2.05, 4.69) is 6.58 Å². The van der Waals surface area contributed by atoms with Gasteiger partial charge in [-0.15, -0.1) is 0 Å². The van der Waals surface area contributed by atoms with E-state index < -0.39 is 12.0 Å². The van der Waals surface area contributed by atoms with Crippen molar-refractivity contribution in [2.45, 2.75) is 45.3 Å². The van der Waals surface area contributed by atoms with E-state index in [1.54, 1.807) is 26.4 Å². The minimum atomic E-state index is -0.455. The molecule has 0 fully saturated rings. The summed E-state index contributed by atoms with van der Waals surface area (Å²) in [6.07, 6.45) is 0.157. The van der Waals surface area contributed by atoms with Crippen LogP contribution < -0.4 is 23.7 Å². The maximum Gasteiger partial charge on any atom is 0.178 e. The van der Waals surface area contributed by atoms with Crippen molar-refractivity contribution in [3.63, 3.8) is 0 Å². The van der Waals surface area contributed by atoms with E-state index in [1.807, 2.05) is 32.9 Å². The summed E-state index contributed by atoms with van der Waals surface area (Å²) in [5, 5.41) is 0. The molecule has 0 bridgehead atoms. The number of ether oxygens (including phenoxy) is 5. The van der Waals surface area contributed by atoms with Crippen LogP contribution in [0.4, 0.5) is 0 Å². The largest absolute Gasteiger partial charge is 0.493 e. The highest BCUT2D eigenvalue weighted by Gasteiger charge is 2.45. The van der Waals surface area contributed by atoms with E-state index in [-0.39, 0.29) is 18.5 Å². The monoisotopic (exact) mass is 424 g/mol. The number of fused-ring (bicyclic) bond motifs is 6. The van der Waals surface area contributed by atoms with Crippen LogP contribution >= 0.6 is 0 Å². The Balaban J connectivity index is 0.00000112. The van der Waals surface area contributed by atoms with Gasteiger partial charge in [0.25, 0.3) is 0 Å². The molecule has 5 rings (SSSR count). The molecule has 0 radical (unpaired) electrons. The maximum absolute atomic E-state index is 13.5. The lowest BCUT2D eigenvalue weighted by Crippen LogP contribution is -2.43. The molecule has 0 aromatic heterocycles. The van der Waals surface area contributed by atoms with Crippen LogP contribution in [0.25, 0.3) is 0 Å². The predicted octanol–water partition coefficient (Wildman–Crippen LogP) is 4.73. The van der Waals surface area contributed by atoms with E-state index in [9.17, 15) is 4.79 Å². The molecule has 0 saturated carbocycles. The highest BCUT2D eigenvalue weighted by molar-refractivity contribution is 6.06. The summed E-state index contributed by atoms with van der Waals surface area (Å²) in [5.41, 5.74) is 3.22. The molecular formula is C25H28O6. The molecule has 2 aromatic rings. The van der Waals surface area contributed by atoms with Crippen LogP contribution in [-0.4, -0.2) is 38.8 Å². The van der Waals surface area contributed by atoms with E-state index in [0.717, 1.165) is 22.4 Å². The third-order valence-corrected chi connectivity index (χ3v) is 5.87. The Morgan fingerprint density at radius 2 is 1.77 bits per heavy atom. The van der Waals surface area contributed by atoms with Gasteiger partial charge < -0.3 is 23.7 Å². The third-order valence-electron chi connectivity index (χ3n) is 5.87. The molecule has 164 valence electrons. The topological polar surface area (TPSA) is 63.2 Å². The molecule has 31 heavy (non-hydrogen) atoms. The minimum absolute atomic E-state index is 0.0228. The molecule has 3 atom stereocenters. The van der Waals surface area contributed by atoms with Crippen molar-refractivity contribution >= 4 is 5.78 Å². The number of benzene rings is 2. The molecule has 6 heteroatoms. The quantitative estimate of drug-likeness (QED) is 0.664. The standard InChI is InChI=1S/C23H22O6.C2H6/c1-11(2)16-8-14-15(28-16)6-5-12-22(24)21-13-7-18(25-3)19(26-4)9-17(13)27-10-20(21)29-23(12)14;1-2/h5-7,9,16,20-21H,1,8,10H2,2-4H3;1-2H3.